The number of imidazole rings is 1. The van der Waals surface area contributed by atoms with Crippen LogP contribution in [-0.4, -0.2) is 45.7 Å². The summed E-state index contributed by atoms with van der Waals surface area (Å²) in [7, 11) is 0. The van der Waals surface area contributed by atoms with Gasteiger partial charge in [-0.1, -0.05) is 0 Å². The molecule has 0 fully saturated rings. The molecule has 0 aliphatic heterocycles. The van der Waals surface area contributed by atoms with Crippen LogP contribution in [0.4, 0.5) is 21.8 Å². The number of aromatic nitrogens is 7. The Balaban J connectivity index is 1.45. The van der Waals surface area contributed by atoms with E-state index < -0.39 is 0 Å². The summed E-state index contributed by atoms with van der Waals surface area (Å²) >= 11 is 0. The van der Waals surface area contributed by atoms with Gasteiger partial charge in [-0.2, -0.15) is 5.10 Å². The van der Waals surface area contributed by atoms with Gasteiger partial charge in [0.15, 0.2) is 5.65 Å². The highest BCUT2D eigenvalue weighted by molar-refractivity contribution is 5.90. The number of aliphatic hydroxyl groups excluding tert-OH is 1. The number of halogens is 1. The number of rotatable bonds is 8. The van der Waals surface area contributed by atoms with Crippen molar-refractivity contribution < 1.29 is 9.50 Å². The molecule has 4 aromatic heterocycles. The first-order valence-electron chi connectivity index (χ1n) is 10.5. The summed E-state index contributed by atoms with van der Waals surface area (Å²) < 4.78 is 19.7. The Morgan fingerprint density at radius 1 is 1.09 bits per heavy atom. The molecule has 0 amide bonds. The molecule has 1 aromatic carbocycles. The average Bonchev–Trinajstić information content (AvgIpc) is 3.55. The molecule has 0 unspecified atom stereocenters. The molecule has 0 aliphatic carbocycles. The summed E-state index contributed by atoms with van der Waals surface area (Å²) in [6.45, 7) is 3.16. The van der Waals surface area contributed by atoms with Gasteiger partial charge in [0.2, 0.25) is 5.95 Å². The smallest absolute Gasteiger partial charge is 0.222 e. The first kappa shape index (κ1) is 20.6. The van der Waals surface area contributed by atoms with Gasteiger partial charge in [-0.15, -0.1) is 0 Å². The second-order valence-corrected chi connectivity index (χ2v) is 7.36. The van der Waals surface area contributed by atoms with E-state index in [1.54, 1.807) is 38.7 Å². The highest BCUT2D eigenvalue weighted by Crippen LogP contribution is 2.28. The number of nitrogens with one attached hydrogen (secondary N) is 2. The highest BCUT2D eigenvalue weighted by atomic mass is 19.1. The second kappa shape index (κ2) is 8.71. The molecule has 168 valence electrons. The maximum atomic E-state index is 14.4. The molecule has 5 rings (SSSR count). The van der Waals surface area contributed by atoms with E-state index in [2.05, 4.69) is 30.8 Å². The van der Waals surface area contributed by atoms with Crippen molar-refractivity contribution in [3.8, 4) is 11.1 Å². The minimum atomic E-state index is -0.362. The fraction of sp³-hybridized carbons (Fsp3) is 0.182. The topological polar surface area (TPSA) is 111 Å². The van der Waals surface area contributed by atoms with Gasteiger partial charge in [0.25, 0.3) is 0 Å². The van der Waals surface area contributed by atoms with E-state index in [-0.39, 0.29) is 12.4 Å². The molecule has 4 heterocycles. The Labute approximate surface area is 188 Å². The zero-order valence-electron chi connectivity index (χ0n) is 17.9. The van der Waals surface area contributed by atoms with Crippen molar-refractivity contribution in [1.29, 1.82) is 0 Å². The average molecular weight is 447 g/mol. The summed E-state index contributed by atoms with van der Waals surface area (Å²) in [6.07, 6.45) is 10.3. The van der Waals surface area contributed by atoms with Crippen molar-refractivity contribution in [3.05, 3.63) is 67.4 Å². The maximum Gasteiger partial charge on any atom is 0.222 e. The number of aliphatic hydroxyl groups is 1. The zero-order valence-corrected chi connectivity index (χ0v) is 17.9. The molecule has 0 aliphatic rings. The lowest BCUT2D eigenvalue weighted by molar-refractivity contribution is 0.276. The summed E-state index contributed by atoms with van der Waals surface area (Å²) in [4.78, 5) is 13.0. The standard InChI is InChI=1S/C22H22FN9O/c1-2-31-13-16(12-27-31)15-9-17(23)11-18(10-15)28-20-19-3-5-32(21(19)26-14-25-20)29-22-24-4-6-30(22)7-8-33/h3-6,9-14,33H,2,7-8H2,1H3,(H,24,29)(H,25,26,28). The first-order chi connectivity index (χ1) is 16.1. The third-order valence-corrected chi connectivity index (χ3v) is 5.21. The molecule has 0 saturated carbocycles. The quantitative estimate of drug-likeness (QED) is 0.335. The molecular formula is C22H22FN9O. The van der Waals surface area contributed by atoms with Crippen molar-refractivity contribution in [2.75, 3.05) is 17.3 Å². The Morgan fingerprint density at radius 2 is 2.00 bits per heavy atom. The predicted molar refractivity (Wildman–Crippen MR) is 122 cm³/mol. The molecule has 10 nitrogen and oxygen atoms in total. The predicted octanol–water partition coefficient (Wildman–Crippen LogP) is 3.26. The Bertz CT molecular complexity index is 1400. The molecule has 3 N–H and O–H groups in total. The van der Waals surface area contributed by atoms with E-state index in [1.807, 2.05) is 25.3 Å². The van der Waals surface area contributed by atoms with Crippen LogP contribution in [0.25, 0.3) is 22.2 Å². The number of fused-ring (bicyclic) bond motifs is 1. The summed E-state index contributed by atoms with van der Waals surface area (Å²) in [5, 5.41) is 17.4. The summed E-state index contributed by atoms with van der Waals surface area (Å²) in [6, 6.07) is 6.61. The largest absolute Gasteiger partial charge is 0.395 e. The van der Waals surface area contributed by atoms with Gasteiger partial charge in [-0.3, -0.25) is 10.1 Å². The van der Waals surface area contributed by atoms with Gasteiger partial charge >= 0.3 is 0 Å². The number of hydrogen-bond acceptors (Lipinski definition) is 7. The van der Waals surface area contributed by atoms with Gasteiger partial charge < -0.3 is 15.0 Å². The van der Waals surface area contributed by atoms with Gasteiger partial charge in [-0.25, -0.2) is 24.0 Å². The molecule has 0 bridgehead atoms. The number of aryl methyl sites for hydroxylation is 1. The van der Waals surface area contributed by atoms with Crippen LogP contribution in [0.3, 0.4) is 0 Å². The molecule has 33 heavy (non-hydrogen) atoms. The van der Waals surface area contributed by atoms with Gasteiger partial charge in [0.05, 0.1) is 18.2 Å². The van der Waals surface area contributed by atoms with E-state index in [0.29, 0.717) is 29.6 Å². The minimum Gasteiger partial charge on any atom is -0.395 e. The number of nitrogens with zero attached hydrogens (tertiary/aromatic N) is 7. The van der Waals surface area contributed by atoms with E-state index in [1.165, 1.54) is 18.5 Å². The van der Waals surface area contributed by atoms with Crippen LogP contribution in [0.5, 0.6) is 0 Å². The highest BCUT2D eigenvalue weighted by Gasteiger charge is 2.12. The van der Waals surface area contributed by atoms with Crippen LogP contribution in [-0.2, 0) is 13.1 Å². The molecule has 0 radical (unpaired) electrons. The third kappa shape index (κ3) is 4.13. The number of benzene rings is 1. The second-order valence-electron chi connectivity index (χ2n) is 7.36. The molecule has 11 heteroatoms. The number of hydrogen-bond donors (Lipinski definition) is 3. The normalized spacial score (nSPS) is 11.2. The molecule has 5 aromatic rings. The van der Waals surface area contributed by atoms with Gasteiger partial charge in [0.1, 0.15) is 18.0 Å². The van der Waals surface area contributed by atoms with Crippen LogP contribution in [0.2, 0.25) is 0 Å². The lowest BCUT2D eigenvalue weighted by atomic mass is 10.1. The molecule has 0 atom stereocenters. The Hall–Kier alpha value is -4.25. The van der Waals surface area contributed by atoms with Crippen molar-refractivity contribution in [1.82, 2.24) is 34.0 Å². The SMILES string of the molecule is CCn1cc(-c2cc(F)cc(Nc3ncnc4c3ccn4Nc3nccn3CCO)c2)cn1. The summed E-state index contributed by atoms with van der Waals surface area (Å²) in [5.41, 5.74) is 5.90. The lowest BCUT2D eigenvalue weighted by Crippen LogP contribution is -2.14. The molecule has 0 spiro atoms. The van der Waals surface area contributed by atoms with Crippen LogP contribution in [0.1, 0.15) is 6.92 Å². The van der Waals surface area contributed by atoms with Crippen LogP contribution in [0, 0.1) is 5.82 Å². The Morgan fingerprint density at radius 3 is 2.82 bits per heavy atom. The van der Waals surface area contributed by atoms with E-state index in [4.69, 9.17) is 0 Å². The fourth-order valence-electron chi connectivity index (χ4n) is 3.61. The number of anilines is 3. The molecule has 0 saturated heterocycles. The van der Waals surface area contributed by atoms with Crippen molar-refractivity contribution in [3.63, 3.8) is 0 Å². The van der Waals surface area contributed by atoms with Crippen LogP contribution in [0.15, 0.2) is 61.6 Å². The van der Waals surface area contributed by atoms with E-state index in [0.717, 1.165) is 23.1 Å². The van der Waals surface area contributed by atoms with E-state index in [9.17, 15) is 9.50 Å². The van der Waals surface area contributed by atoms with Crippen molar-refractivity contribution in [2.45, 2.75) is 20.0 Å². The third-order valence-electron chi connectivity index (χ3n) is 5.21. The van der Waals surface area contributed by atoms with Crippen molar-refractivity contribution in [2.24, 2.45) is 0 Å². The zero-order chi connectivity index (χ0) is 22.8. The lowest BCUT2D eigenvalue weighted by Gasteiger charge is -2.11. The van der Waals surface area contributed by atoms with Crippen LogP contribution < -0.4 is 10.7 Å². The van der Waals surface area contributed by atoms with Crippen molar-refractivity contribution >= 4 is 28.5 Å². The van der Waals surface area contributed by atoms with Gasteiger partial charge in [-0.05, 0) is 36.8 Å². The van der Waals surface area contributed by atoms with Gasteiger partial charge in [0, 0.05) is 49.1 Å². The fourth-order valence-corrected chi connectivity index (χ4v) is 3.61. The Kier molecular flexibility index (Phi) is 5.45. The van der Waals surface area contributed by atoms with Crippen LogP contribution >= 0.6 is 0 Å². The molecular weight excluding hydrogens is 425 g/mol. The first-order valence-corrected chi connectivity index (χ1v) is 10.5. The maximum absolute atomic E-state index is 14.4. The monoisotopic (exact) mass is 447 g/mol. The van der Waals surface area contributed by atoms with E-state index >= 15 is 0 Å². The minimum absolute atomic E-state index is 0.00254. The summed E-state index contributed by atoms with van der Waals surface area (Å²) in [5.74, 6) is 0.747.